The standard InChI is InChI=1S/C25H23N5O3S/c31-24(30-33)9-5-15-27-25(32)20-7-1-2-8-23(20)34-18-11-12-19-21(28-29-22(19)16-18)13-10-17-6-3-4-14-26-17/h1-4,6-8,10-14,16,33H,5,9,15H2,(H,27,32)(H,28,29)(H,30,31)/b13-10+. The predicted molar refractivity (Wildman–Crippen MR) is 131 cm³/mol. The van der Waals surface area contributed by atoms with Crippen LogP contribution in [-0.4, -0.2) is 38.7 Å². The molecular formula is C25H23N5O3S. The van der Waals surface area contributed by atoms with Crippen LogP contribution in [0.2, 0.25) is 0 Å². The van der Waals surface area contributed by atoms with E-state index in [1.165, 1.54) is 11.8 Å². The van der Waals surface area contributed by atoms with Crippen LogP contribution in [0.4, 0.5) is 0 Å². The van der Waals surface area contributed by atoms with Gasteiger partial charge in [-0.1, -0.05) is 30.0 Å². The molecular weight excluding hydrogens is 450 g/mol. The fourth-order valence-corrected chi connectivity index (χ4v) is 4.31. The Hall–Kier alpha value is -3.95. The molecule has 4 N–H and O–H groups in total. The van der Waals surface area contributed by atoms with Gasteiger partial charge in [-0.2, -0.15) is 5.10 Å². The first-order chi connectivity index (χ1) is 16.6. The molecule has 0 bridgehead atoms. The van der Waals surface area contributed by atoms with E-state index in [9.17, 15) is 9.59 Å². The first-order valence-electron chi connectivity index (χ1n) is 10.7. The average Bonchev–Trinajstić information content (AvgIpc) is 3.28. The predicted octanol–water partition coefficient (Wildman–Crippen LogP) is 4.29. The molecule has 0 unspecified atom stereocenters. The van der Waals surface area contributed by atoms with Crippen LogP contribution < -0.4 is 10.8 Å². The number of carbonyl (C=O) groups excluding carboxylic acids is 2. The van der Waals surface area contributed by atoms with Crippen LogP contribution in [-0.2, 0) is 4.79 Å². The first-order valence-corrected chi connectivity index (χ1v) is 11.5. The lowest BCUT2D eigenvalue weighted by atomic mass is 10.2. The molecule has 172 valence electrons. The molecule has 0 aliphatic heterocycles. The minimum atomic E-state index is -0.477. The van der Waals surface area contributed by atoms with E-state index < -0.39 is 5.91 Å². The molecule has 0 spiro atoms. The zero-order valence-electron chi connectivity index (χ0n) is 18.2. The van der Waals surface area contributed by atoms with Gasteiger partial charge in [0.2, 0.25) is 5.91 Å². The largest absolute Gasteiger partial charge is 0.352 e. The SMILES string of the molecule is O=C(CCCNC(=O)c1ccccc1Sc1ccc2c(/C=C/c3ccccn3)n[nH]c2c1)NO. The number of H-pyrrole nitrogens is 1. The topological polar surface area (TPSA) is 120 Å². The van der Waals surface area contributed by atoms with Crippen molar-refractivity contribution in [2.45, 2.75) is 22.6 Å². The molecule has 2 aromatic carbocycles. The maximum absolute atomic E-state index is 12.7. The second kappa shape index (κ2) is 11.3. The highest BCUT2D eigenvalue weighted by molar-refractivity contribution is 7.99. The number of carbonyl (C=O) groups is 2. The van der Waals surface area contributed by atoms with Crippen molar-refractivity contribution in [1.29, 1.82) is 0 Å². The van der Waals surface area contributed by atoms with E-state index in [-0.39, 0.29) is 12.3 Å². The normalized spacial score (nSPS) is 11.1. The summed E-state index contributed by atoms with van der Waals surface area (Å²) in [6.45, 7) is 0.333. The zero-order chi connectivity index (χ0) is 23.8. The Morgan fingerprint density at radius 2 is 1.91 bits per heavy atom. The number of aromatic nitrogens is 3. The van der Waals surface area contributed by atoms with Gasteiger partial charge in [0.1, 0.15) is 0 Å². The fraction of sp³-hybridized carbons (Fsp3) is 0.120. The summed E-state index contributed by atoms with van der Waals surface area (Å²) >= 11 is 1.49. The first kappa shape index (κ1) is 23.2. The van der Waals surface area contributed by atoms with Crippen molar-refractivity contribution in [2.75, 3.05) is 6.54 Å². The molecule has 9 heteroatoms. The summed E-state index contributed by atoms with van der Waals surface area (Å²) in [5.41, 5.74) is 4.72. The summed E-state index contributed by atoms with van der Waals surface area (Å²) in [6, 6.07) is 19.1. The van der Waals surface area contributed by atoms with Gasteiger partial charge in [0.15, 0.2) is 0 Å². The molecule has 4 aromatic rings. The summed E-state index contributed by atoms with van der Waals surface area (Å²) in [4.78, 5) is 29.8. The molecule has 2 aromatic heterocycles. The Morgan fingerprint density at radius 1 is 1.06 bits per heavy atom. The van der Waals surface area contributed by atoms with Crippen LogP contribution >= 0.6 is 11.8 Å². The number of hydrogen-bond acceptors (Lipinski definition) is 6. The van der Waals surface area contributed by atoms with Gasteiger partial charge in [-0.15, -0.1) is 0 Å². The number of hydroxylamine groups is 1. The van der Waals surface area contributed by atoms with Gasteiger partial charge < -0.3 is 5.32 Å². The number of hydrogen-bond donors (Lipinski definition) is 4. The minimum Gasteiger partial charge on any atom is -0.352 e. The molecule has 0 saturated carbocycles. The Balaban J connectivity index is 1.45. The van der Waals surface area contributed by atoms with Crippen LogP contribution in [0.1, 0.15) is 34.6 Å². The monoisotopic (exact) mass is 473 g/mol. The van der Waals surface area contributed by atoms with E-state index in [1.54, 1.807) is 17.7 Å². The highest BCUT2D eigenvalue weighted by Gasteiger charge is 2.13. The quantitative estimate of drug-likeness (QED) is 0.163. The van der Waals surface area contributed by atoms with Gasteiger partial charge in [0, 0.05) is 34.3 Å². The molecule has 34 heavy (non-hydrogen) atoms. The number of nitrogens with zero attached hydrogens (tertiary/aromatic N) is 2. The van der Waals surface area contributed by atoms with Crippen LogP contribution in [0, 0.1) is 0 Å². The number of fused-ring (bicyclic) bond motifs is 1. The van der Waals surface area contributed by atoms with E-state index in [4.69, 9.17) is 5.21 Å². The average molecular weight is 474 g/mol. The molecule has 4 rings (SSSR count). The molecule has 0 atom stereocenters. The third kappa shape index (κ3) is 5.89. The van der Waals surface area contributed by atoms with E-state index in [0.29, 0.717) is 18.5 Å². The maximum atomic E-state index is 12.7. The third-order valence-electron chi connectivity index (χ3n) is 5.01. The number of nitrogens with one attached hydrogen (secondary N) is 3. The lowest BCUT2D eigenvalue weighted by Crippen LogP contribution is -2.26. The smallest absolute Gasteiger partial charge is 0.252 e. The van der Waals surface area contributed by atoms with Crippen molar-refractivity contribution < 1.29 is 14.8 Å². The minimum absolute atomic E-state index is 0.135. The number of aromatic amines is 1. The number of amides is 2. The number of rotatable bonds is 9. The van der Waals surface area contributed by atoms with Crippen molar-refractivity contribution in [2.24, 2.45) is 0 Å². The fourth-order valence-electron chi connectivity index (χ4n) is 3.32. The molecule has 0 saturated heterocycles. The van der Waals surface area contributed by atoms with Gasteiger partial charge in [0.05, 0.1) is 22.5 Å². The highest BCUT2D eigenvalue weighted by atomic mass is 32.2. The molecule has 2 amide bonds. The second-order valence-electron chi connectivity index (χ2n) is 7.40. The molecule has 0 fully saturated rings. The third-order valence-corrected chi connectivity index (χ3v) is 6.08. The molecule has 0 aliphatic carbocycles. The molecule has 2 heterocycles. The maximum Gasteiger partial charge on any atom is 0.252 e. The van der Waals surface area contributed by atoms with Gasteiger partial charge in [0.25, 0.3) is 5.91 Å². The molecule has 0 aliphatic rings. The molecule has 8 nitrogen and oxygen atoms in total. The lowest BCUT2D eigenvalue weighted by Gasteiger charge is -2.10. The molecule has 0 radical (unpaired) electrons. The van der Waals surface area contributed by atoms with Crippen molar-refractivity contribution in [3.8, 4) is 0 Å². The van der Waals surface area contributed by atoms with Crippen LogP contribution in [0.15, 0.2) is 76.7 Å². The Morgan fingerprint density at radius 3 is 2.74 bits per heavy atom. The van der Waals surface area contributed by atoms with E-state index in [1.807, 2.05) is 66.7 Å². The summed E-state index contributed by atoms with van der Waals surface area (Å²) in [7, 11) is 0. The van der Waals surface area contributed by atoms with Crippen LogP contribution in [0.3, 0.4) is 0 Å². The van der Waals surface area contributed by atoms with E-state index in [0.717, 1.165) is 32.1 Å². The Bertz CT molecular complexity index is 1320. The summed E-state index contributed by atoms with van der Waals surface area (Å²) in [5, 5.41) is 19.8. The summed E-state index contributed by atoms with van der Waals surface area (Å²) < 4.78 is 0. The van der Waals surface area contributed by atoms with E-state index in [2.05, 4.69) is 20.5 Å². The number of benzene rings is 2. The Labute approximate surface area is 200 Å². The van der Waals surface area contributed by atoms with Crippen molar-refractivity contribution in [3.05, 3.63) is 83.8 Å². The zero-order valence-corrected chi connectivity index (χ0v) is 19.0. The number of pyridine rings is 1. The highest BCUT2D eigenvalue weighted by Crippen LogP contribution is 2.32. The van der Waals surface area contributed by atoms with Gasteiger partial charge in [-0.3, -0.25) is 24.9 Å². The van der Waals surface area contributed by atoms with Gasteiger partial charge in [-0.05, 0) is 61.0 Å². The summed E-state index contributed by atoms with van der Waals surface area (Å²) in [6.07, 6.45) is 6.16. The lowest BCUT2D eigenvalue weighted by molar-refractivity contribution is -0.129. The van der Waals surface area contributed by atoms with Crippen molar-refractivity contribution >= 4 is 46.6 Å². The second-order valence-corrected chi connectivity index (χ2v) is 8.51. The Kier molecular flexibility index (Phi) is 7.69. The van der Waals surface area contributed by atoms with Crippen LogP contribution in [0.5, 0.6) is 0 Å². The van der Waals surface area contributed by atoms with Crippen molar-refractivity contribution in [3.63, 3.8) is 0 Å². The van der Waals surface area contributed by atoms with Crippen LogP contribution in [0.25, 0.3) is 23.1 Å². The van der Waals surface area contributed by atoms with Gasteiger partial charge >= 0.3 is 0 Å². The van der Waals surface area contributed by atoms with Gasteiger partial charge in [-0.25, -0.2) is 5.48 Å². The summed E-state index contributed by atoms with van der Waals surface area (Å²) in [5.74, 6) is -0.688. The van der Waals surface area contributed by atoms with E-state index >= 15 is 0 Å². The van der Waals surface area contributed by atoms with Crippen molar-refractivity contribution in [1.82, 2.24) is 26.0 Å².